The molecule has 0 bridgehead atoms. The minimum absolute atomic E-state index is 0. The molecule has 0 saturated heterocycles. The smallest absolute Gasteiger partial charge is 0.302 e. The lowest BCUT2D eigenvalue weighted by atomic mass is 10.1. The highest BCUT2D eigenvalue weighted by Crippen LogP contribution is 2.58. The summed E-state index contributed by atoms with van der Waals surface area (Å²) in [5.74, 6) is -0.159. The van der Waals surface area contributed by atoms with Crippen molar-refractivity contribution in [2.45, 2.75) is 71.4 Å². The van der Waals surface area contributed by atoms with Crippen LogP contribution in [0.4, 0.5) is 0 Å². The van der Waals surface area contributed by atoms with Gasteiger partial charge >= 0.3 is 5.97 Å². The summed E-state index contributed by atoms with van der Waals surface area (Å²) in [6.45, 7) is 4.30. The van der Waals surface area contributed by atoms with Gasteiger partial charge in [0.05, 0.1) is 12.8 Å². The van der Waals surface area contributed by atoms with Gasteiger partial charge in [-0.3, -0.25) is 4.79 Å². The van der Waals surface area contributed by atoms with Crippen molar-refractivity contribution in [2.75, 3.05) is 6.61 Å². The minimum atomic E-state index is -1.78. The Balaban J connectivity index is 0.000000338. The fraction of sp³-hybridized carbons (Fsp3) is 0.324. The zero-order valence-electron chi connectivity index (χ0n) is 24.8. The molecule has 218 valence electrons. The molecule has 0 saturated carbocycles. The van der Waals surface area contributed by atoms with Crippen LogP contribution >= 0.6 is 7.26 Å². The third-order valence-electron chi connectivity index (χ3n) is 7.16. The molecule has 0 atom stereocenters. The Bertz CT molecular complexity index is 1100. The van der Waals surface area contributed by atoms with Gasteiger partial charge in [0.2, 0.25) is 0 Å². The lowest BCUT2D eigenvalue weighted by Crippen LogP contribution is -3.00. The Morgan fingerprint density at radius 3 is 1.32 bits per heavy atom. The summed E-state index contributed by atoms with van der Waals surface area (Å²) in [4.78, 5) is 10.4. The molecule has 0 N–H and O–H groups in total. The van der Waals surface area contributed by atoms with Crippen LogP contribution in [-0.4, -0.2) is 12.6 Å². The van der Waals surface area contributed by atoms with Gasteiger partial charge in [-0.15, -0.1) is 0 Å². The summed E-state index contributed by atoms with van der Waals surface area (Å²) < 4.78 is 4.85. The Morgan fingerprint density at radius 1 is 0.561 bits per heavy atom. The second-order valence-electron chi connectivity index (χ2n) is 10.3. The maximum atomic E-state index is 10.4. The van der Waals surface area contributed by atoms with Gasteiger partial charge in [0.15, 0.2) is 0 Å². The van der Waals surface area contributed by atoms with Crippen molar-refractivity contribution in [1.29, 1.82) is 0 Å². The number of esters is 1. The Hall–Kier alpha value is -2.93. The number of ether oxygens (including phenoxy) is 1. The van der Waals surface area contributed by atoms with Gasteiger partial charge in [0.25, 0.3) is 0 Å². The van der Waals surface area contributed by atoms with Crippen LogP contribution in [0.1, 0.15) is 70.8 Å². The van der Waals surface area contributed by atoms with E-state index in [9.17, 15) is 4.79 Å². The molecule has 4 aromatic rings. The van der Waals surface area contributed by atoms with Crippen LogP contribution in [0.2, 0.25) is 0 Å². The molecule has 41 heavy (non-hydrogen) atoms. The molecule has 4 rings (SSSR count). The van der Waals surface area contributed by atoms with Crippen molar-refractivity contribution >= 4 is 29.1 Å². The summed E-state index contributed by atoms with van der Waals surface area (Å²) in [6.07, 6.45) is 11.3. The first-order valence-corrected chi connectivity index (χ1v) is 16.9. The predicted octanol–water partition coefficient (Wildman–Crippen LogP) is 5.87. The molecule has 4 aromatic carbocycles. The maximum Gasteiger partial charge on any atom is 0.302 e. The number of rotatable bonds is 14. The van der Waals surface area contributed by atoms with Crippen molar-refractivity contribution in [1.82, 2.24) is 0 Å². The van der Waals surface area contributed by atoms with E-state index in [2.05, 4.69) is 128 Å². The number of carbonyl (C=O) groups is 1. The number of hydrogen-bond donors (Lipinski definition) is 0. The zero-order chi connectivity index (χ0) is 28.3. The summed E-state index contributed by atoms with van der Waals surface area (Å²) in [7, 11) is -1.78. The van der Waals surface area contributed by atoms with Crippen LogP contribution in [-0.2, 0) is 15.7 Å². The number of unbranched alkanes of at least 4 members (excludes halogenated alkanes) is 7. The van der Waals surface area contributed by atoms with E-state index in [4.69, 9.17) is 4.74 Å². The Labute approximate surface area is 255 Å². The van der Waals surface area contributed by atoms with Gasteiger partial charge in [-0.2, -0.15) is 0 Å². The van der Waals surface area contributed by atoms with Crippen LogP contribution < -0.4 is 28.3 Å². The fourth-order valence-electron chi connectivity index (χ4n) is 5.08. The minimum Gasteiger partial charge on any atom is -1.00 e. The number of benzene rings is 4. The summed E-state index contributed by atoms with van der Waals surface area (Å²) in [5, 5.41) is 4.30. The second kappa shape index (κ2) is 20.0. The highest BCUT2D eigenvalue weighted by molar-refractivity contribution is 7.95. The highest BCUT2D eigenvalue weighted by Gasteiger charge is 2.45. The van der Waals surface area contributed by atoms with Gasteiger partial charge in [0, 0.05) is 6.92 Å². The van der Waals surface area contributed by atoms with Crippen molar-refractivity contribution < 1.29 is 21.9 Å². The zero-order valence-corrected chi connectivity index (χ0v) is 26.4. The average molecular weight is 589 g/mol. The summed E-state index contributed by atoms with van der Waals surface area (Å²) in [6, 6.07) is 44.0. The van der Waals surface area contributed by atoms with Gasteiger partial charge in [-0.1, -0.05) is 137 Å². The van der Waals surface area contributed by atoms with E-state index in [1.165, 1.54) is 73.3 Å². The van der Waals surface area contributed by atoms with Crippen molar-refractivity contribution in [3.8, 4) is 0 Å². The summed E-state index contributed by atoms with van der Waals surface area (Å²) in [5.41, 5.74) is 1.39. The first-order valence-electron chi connectivity index (χ1n) is 14.9. The molecular formula is C37H46ClO2P. The molecule has 0 aliphatic rings. The van der Waals surface area contributed by atoms with Crippen molar-refractivity contribution in [3.63, 3.8) is 0 Å². The largest absolute Gasteiger partial charge is 1.00 e. The Morgan fingerprint density at radius 2 is 0.927 bits per heavy atom. The van der Waals surface area contributed by atoms with Crippen LogP contribution in [0.25, 0.3) is 0 Å². The molecule has 0 unspecified atom stereocenters. The van der Waals surface area contributed by atoms with E-state index in [0.29, 0.717) is 6.61 Å². The fourth-order valence-corrected chi connectivity index (χ4v) is 9.32. The standard InChI is InChI=1S/C25H22P.C12H24O2.ClH/c1-5-13-22(14-6-1)21-26(23-15-7-2-8-16-23,24-17-9-3-10-18-24)25-19-11-4-12-20-25;1-3-4-5-6-7-8-9-10-11-14-12(2)13;/h1-20H,21H2;3-11H2,1-2H3;1H/q+1;;/p-1. The molecule has 0 aliphatic heterocycles. The first kappa shape index (κ1) is 34.3. The highest BCUT2D eigenvalue weighted by atomic mass is 35.5. The molecule has 4 heteroatoms. The topological polar surface area (TPSA) is 26.3 Å². The normalized spacial score (nSPS) is 10.6. The quantitative estimate of drug-likeness (QED) is 0.105. The maximum absolute atomic E-state index is 10.4. The number of halogens is 1. The lowest BCUT2D eigenvalue weighted by molar-refractivity contribution is -0.141. The van der Waals surface area contributed by atoms with Crippen molar-refractivity contribution in [2.24, 2.45) is 0 Å². The third kappa shape index (κ3) is 11.5. The van der Waals surface area contributed by atoms with Crippen LogP contribution in [0.5, 0.6) is 0 Å². The predicted molar refractivity (Wildman–Crippen MR) is 175 cm³/mol. The SMILES string of the molecule is CCCCCCCCCCOC(C)=O.[Cl-].c1ccc(C[P+](c2ccccc2)(c2ccccc2)c2ccccc2)cc1. The molecule has 0 aliphatic carbocycles. The van der Waals surface area contributed by atoms with E-state index in [1.807, 2.05) is 0 Å². The van der Waals surface area contributed by atoms with E-state index < -0.39 is 7.26 Å². The van der Waals surface area contributed by atoms with Crippen LogP contribution in [0, 0.1) is 0 Å². The van der Waals surface area contributed by atoms with Gasteiger partial charge in [0.1, 0.15) is 23.2 Å². The van der Waals surface area contributed by atoms with Crippen LogP contribution in [0.15, 0.2) is 121 Å². The molecule has 2 nitrogen and oxygen atoms in total. The molecule has 0 amide bonds. The number of carbonyl (C=O) groups excluding carboxylic acids is 1. The molecule has 0 fully saturated rings. The van der Waals surface area contributed by atoms with Crippen LogP contribution in [0.3, 0.4) is 0 Å². The molecule has 0 heterocycles. The monoisotopic (exact) mass is 588 g/mol. The Kier molecular flexibility index (Phi) is 16.7. The molecule has 0 aromatic heterocycles. The third-order valence-corrected chi connectivity index (χ3v) is 11.5. The number of hydrogen-bond acceptors (Lipinski definition) is 2. The van der Waals surface area contributed by atoms with Gasteiger partial charge in [-0.25, -0.2) is 0 Å². The lowest BCUT2D eigenvalue weighted by Gasteiger charge is -2.27. The second-order valence-corrected chi connectivity index (χ2v) is 13.8. The summed E-state index contributed by atoms with van der Waals surface area (Å²) >= 11 is 0. The first-order chi connectivity index (χ1) is 19.7. The van der Waals surface area contributed by atoms with Crippen molar-refractivity contribution in [3.05, 3.63) is 127 Å². The van der Waals surface area contributed by atoms with E-state index >= 15 is 0 Å². The average Bonchev–Trinajstić information content (AvgIpc) is 3.01. The molecular weight excluding hydrogens is 543 g/mol. The van der Waals surface area contributed by atoms with E-state index in [0.717, 1.165) is 12.6 Å². The molecule has 0 radical (unpaired) electrons. The molecule has 0 spiro atoms. The van der Waals surface area contributed by atoms with Gasteiger partial charge < -0.3 is 17.1 Å². The van der Waals surface area contributed by atoms with E-state index in [1.54, 1.807) is 0 Å². The van der Waals surface area contributed by atoms with E-state index in [-0.39, 0.29) is 18.4 Å². The van der Waals surface area contributed by atoms with Gasteiger partial charge in [-0.05, 0) is 48.4 Å².